The average Bonchev–Trinajstić information content (AvgIpc) is 2.59. The van der Waals surface area contributed by atoms with Crippen LogP contribution in [0.4, 0.5) is 11.4 Å². The van der Waals surface area contributed by atoms with E-state index in [1.54, 1.807) is 36.0 Å². The first-order valence-corrected chi connectivity index (χ1v) is 10.9. The molecule has 1 amide bonds. The highest BCUT2D eigenvalue weighted by atomic mass is 32.2. The van der Waals surface area contributed by atoms with Crippen molar-refractivity contribution in [2.24, 2.45) is 0 Å². The van der Waals surface area contributed by atoms with Gasteiger partial charge in [0, 0.05) is 17.9 Å². The van der Waals surface area contributed by atoms with Crippen LogP contribution in [0.3, 0.4) is 0 Å². The Morgan fingerprint density at radius 3 is 2.36 bits per heavy atom. The summed E-state index contributed by atoms with van der Waals surface area (Å²) in [6.07, 6.45) is 3.82. The molecule has 0 fully saturated rings. The molecule has 0 radical (unpaired) electrons. The van der Waals surface area contributed by atoms with E-state index in [1.165, 1.54) is 10.6 Å². The van der Waals surface area contributed by atoms with Crippen LogP contribution in [0.2, 0.25) is 0 Å². The number of sulfonamides is 1. The number of hydrogen-bond donors (Lipinski definition) is 1. The molecule has 0 bridgehead atoms. The molecule has 0 saturated carbocycles. The van der Waals surface area contributed by atoms with E-state index in [0.29, 0.717) is 12.1 Å². The van der Waals surface area contributed by atoms with Gasteiger partial charge in [0.1, 0.15) is 0 Å². The van der Waals surface area contributed by atoms with Crippen LogP contribution in [0.5, 0.6) is 0 Å². The zero-order valence-corrected chi connectivity index (χ0v) is 15.9. The summed E-state index contributed by atoms with van der Waals surface area (Å²) in [6, 6.07) is 16.5. The third kappa shape index (κ3) is 5.79. The first kappa shape index (κ1) is 19.3. The fourth-order valence-electron chi connectivity index (χ4n) is 2.42. The zero-order valence-electron chi connectivity index (χ0n) is 14.3. The Labute approximate surface area is 153 Å². The van der Waals surface area contributed by atoms with Gasteiger partial charge in [-0.2, -0.15) is 0 Å². The molecule has 0 unspecified atom stereocenters. The Bertz CT molecular complexity index is 808. The molecule has 0 aliphatic rings. The molecule has 134 valence electrons. The van der Waals surface area contributed by atoms with E-state index < -0.39 is 10.0 Å². The molecule has 0 aliphatic heterocycles. The maximum absolute atomic E-state index is 12.2. The molecule has 0 spiro atoms. The summed E-state index contributed by atoms with van der Waals surface area (Å²) in [5.41, 5.74) is 1.39. The number of carbonyl (C=O) groups excluding carboxylic acids is 1. The number of rotatable bonds is 8. The van der Waals surface area contributed by atoms with Crippen molar-refractivity contribution in [1.82, 2.24) is 0 Å². The van der Waals surface area contributed by atoms with E-state index in [0.717, 1.165) is 10.6 Å². The van der Waals surface area contributed by atoms with Crippen LogP contribution in [0, 0.1) is 0 Å². The summed E-state index contributed by atoms with van der Waals surface area (Å²) in [5, 5.41) is 2.89. The van der Waals surface area contributed by atoms with Crippen LogP contribution in [-0.4, -0.2) is 33.4 Å². The second-order valence-corrected chi connectivity index (χ2v) is 8.28. The molecule has 0 saturated heterocycles. The smallest absolute Gasteiger partial charge is 0.232 e. The number of nitrogens with zero attached hydrogens (tertiary/aromatic N) is 1. The van der Waals surface area contributed by atoms with Crippen LogP contribution in [-0.2, 0) is 14.8 Å². The maximum Gasteiger partial charge on any atom is 0.232 e. The minimum atomic E-state index is -3.39. The first-order chi connectivity index (χ1) is 11.9. The molecule has 2 rings (SSSR count). The van der Waals surface area contributed by atoms with Gasteiger partial charge in [-0.15, -0.1) is 11.8 Å². The van der Waals surface area contributed by atoms with Crippen LogP contribution in [0.25, 0.3) is 0 Å². The number of hydrogen-bond acceptors (Lipinski definition) is 4. The second kappa shape index (κ2) is 8.92. The molecule has 0 atom stereocenters. The van der Waals surface area contributed by atoms with Crippen LogP contribution < -0.4 is 9.62 Å². The Balaban J connectivity index is 1.95. The predicted molar refractivity (Wildman–Crippen MR) is 105 cm³/mol. The van der Waals surface area contributed by atoms with E-state index in [2.05, 4.69) is 5.32 Å². The van der Waals surface area contributed by atoms with Crippen LogP contribution in [0.15, 0.2) is 59.5 Å². The number of benzene rings is 2. The molecule has 25 heavy (non-hydrogen) atoms. The fourth-order valence-corrected chi connectivity index (χ4v) is 3.94. The number of anilines is 2. The van der Waals surface area contributed by atoms with E-state index >= 15 is 0 Å². The number of nitrogens with one attached hydrogen (secondary N) is 1. The van der Waals surface area contributed by atoms with E-state index in [1.807, 2.05) is 36.6 Å². The SMILES string of the molecule is CSc1ccccc1NC(=O)CCCN(c1ccccc1)S(C)(=O)=O. The van der Waals surface area contributed by atoms with Gasteiger partial charge in [0.25, 0.3) is 0 Å². The summed E-state index contributed by atoms with van der Waals surface area (Å²) in [4.78, 5) is 13.2. The lowest BCUT2D eigenvalue weighted by Gasteiger charge is -2.22. The first-order valence-electron chi connectivity index (χ1n) is 7.87. The van der Waals surface area contributed by atoms with E-state index in [9.17, 15) is 13.2 Å². The van der Waals surface area contributed by atoms with Crippen molar-refractivity contribution < 1.29 is 13.2 Å². The predicted octanol–water partition coefficient (Wildman–Crippen LogP) is 3.59. The minimum absolute atomic E-state index is 0.122. The largest absolute Gasteiger partial charge is 0.325 e. The van der Waals surface area contributed by atoms with Gasteiger partial charge in [-0.25, -0.2) is 8.42 Å². The van der Waals surface area contributed by atoms with Crippen molar-refractivity contribution in [3.05, 3.63) is 54.6 Å². The van der Waals surface area contributed by atoms with Gasteiger partial charge in [0.05, 0.1) is 17.6 Å². The zero-order chi connectivity index (χ0) is 18.3. The van der Waals surface area contributed by atoms with Crippen molar-refractivity contribution in [3.8, 4) is 0 Å². The second-order valence-electron chi connectivity index (χ2n) is 5.52. The number of para-hydroxylation sites is 2. The Hall–Kier alpha value is -1.99. The number of carbonyl (C=O) groups is 1. The number of thioether (sulfide) groups is 1. The van der Waals surface area contributed by atoms with Crippen molar-refractivity contribution in [2.75, 3.05) is 28.7 Å². The molecule has 2 aromatic rings. The van der Waals surface area contributed by atoms with Crippen molar-refractivity contribution >= 4 is 39.1 Å². The van der Waals surface area contributed by atoms with Gasteiger partial charge in [0.2, 0.25) is 15.9 Å². The third-order valence-corrected chi connectivity index (χ3v) is 5.58. The third-order valence-electron chi connectivity index (χ3n) is 3.59. The van der Waals surface area contributed by atoms with Gasteiger partial charge in [-0.3, -0.25) is 9.10 Å². The summed E-state index contributed by atoms with van der Waals surface area (Å²) >= 11 is 1.56. The van der Waals surface area contributed by atoms with Crippen molar-refractivity contribution in [3.63, 3.8) is 0 Å². The average molecular weight is 379 g/mol. The summed E-state index contributed by atoms with van der Waals surface area (Å²) in [6.45, 7) is 0.264. The molecule has 7 heteroatoms. The summed E-state index contributed by atoms with van der Waals surface area (Å²) < 4.78 is 25.3. The van der Waals surface area contributed by atoms with E-state index in [-0.39, 0.29) is 18.9 Å². The molecule has 0 heterocycles. The van der Waals surface area contributed by atoms with Crippen LogP contribution in [0.1, 0.15) is 12.8 Å². The van der Waals surface area contributed by atoms with Gasteiger partial charge in [-0.05, 0) is 36.9 Å². The van der Waals surface area contributed by atoms with Gasteiger partial charge >= 0.3 is 0 Å². The lowest BCUT2D eigenvalue weighted by molar-refractivity contribution is -0.116. The van der Waals surface area contributed by atoms with Crippen LogP contribution >= 0.6 is 11.8 Å². The molecule has 0 aromatic heterocycles. The van der Waals surface area contributed by atoms with Crippen molar-refractivity contribution in [2.45, 2.75) is 17.7 Å². The highest BCUT2D eigenvalue weighted by molar-refractivity contribution is 7.98. The molecular formula is C18H22N2O3S2. The highest BCUT2D eigenvalue weighted by Crippen LogP contribution is 2.25. The highest BCUT2D eigenvalue weighted by Gasteiger charge is 2.17. The topological polar surface area (TPSA) is 66.5 Å². The molecule has 0 aliphatic carbocycles. The van der Waals surface area contributed by atoms with Crippen molar-refractivity contribution in [1.29, 1.82) is 0 Å². The number of amides is 1. The Morgan fingerprint density at radius 2 is 1.72 bits per heavy atom. The minimum Gasteiger partial charge on any atom is -0.325 e. The van der Waals surface area contributed by atoms with E-state index in [4.69, 9.17) is 0 Å². The fraction of sp³-hybridized carbons (Fsp3) is 0.278. The summed E-state index contributed by atoms with van der Waals surface area (Å²) in [7, 11) is -3.39. The van der Waals surface area contributed by atoms with Gasteiger partial charge in [0.15, 0.2) is 0 Å². The summed E-state index contributed by atoms with van der Waals surface area (Å²) in [5.74, 6) is -0.122. The lowest BCUT2D eigenvalue weighted by atomic mass is 10.2. The Morgan fingerprint density at radius 1 is 1.08 bits per heavy atom. The maximum atomic E-state index is 12.2. The molecule has 5 nitrogen and oxygen atoms in total. The van der Waals surface area contributed by atoms with Gasteiger partial charge in [-0.1, -0.05) is 30.3 Å². The Kier molecular flexibility index (Phi) is 6.90. The molecular weight excluding hydrogens is 356 g/mol. The molecule has 2 aromatic carbocycles. The monoisotopic (exact) mass is 378 g/mol. The van der Waals surface area contributed by atoms with Gasteiger partial charge < -0.3 is 5.32 Å². The lowest BCUT2D eigenvalue weighted by Crippen LogP contribution is -2.31. The quantitative estimate of drug-likeness (QED) is 0.713. The standard InChI is InChI=1S/C18H22N2O3S2/c1-24-17-12-7-6-11-16(17)19-18(21)13-8-14-20(25(2,22)23)15-9-4-3-5-10-15/h3-7,9-12H,8,13-14H2,1-2H3,(H,19,21). The normalized spacial score (nSPS) is 11.1. The molecule has 1 N–H and O–H groups in total.